The van der Waals surface area contributed by atoms with Gasteiger partial charge in [-0.1, -0.05) is 25.6 Å². The lowest BCUT2D eigenvalue weighted by molar-refractivity contribution is -0.139. The molecule has 0 aromatic heterocycles. The Morgan fingerprint density at radius 2 is 1.81 bits per heavy atom. The predicted molar refractivity (Wildman–Crippen MR) is 95.9 cm³/mol. The maximum absolute atomic E-state index is 11.9. The van der Waals surface area contributed by atoms with Crippen LogP contribution in [0.1, 0.15) is 26.7 Å². The fourth-order valence-corrected chi connectivity index (χ4v) is 2.77. The Balaban J connectivity index is 4.02. The first-order valence-corrected chi connectivity index (χ1v) is 9.96. The molecule has 0 aliphatic rings. The summed E-state index contributed by atoms with van der Waals surface area (Å²) in [5.41, 5.74) is -1.11. The smallest absolute Gasteiger partial charge is 0.481 e. The predicted octanol–water partition coefficient (Wildman–Crippen LogP) is -0.603. The third-order valence-corrected chi connectivity index (χ3v) is 4.39. The molecule has 0 aliphatic carbocycles. The normalized spacial score (nSPS) is 12.8. The molecule has 0 rings (SSSR count). The highest BCUT2D eigenvalue weighted by atomic mass is 32.2. The average Bonchev–Trinajstić information content (AvgIpc) is 2.55. The first-order valence-electron chi connectivity index (χ1n) is 7.84. The topological polar surface area (TPSA) is 179 Å². The number of carbonyl (C=O) groups excluding carboxylic acids is 3. The Kier molecular flexibility index (Phi) is 12.0. The molecule has 0 saturated heterocycles. The second-order valence-corrected chi connectivity index (χ2v) is 7.97. The van der Waals surface area contributed by atoms with E-state index in [1.54, 1.807) is 0 Å². The van der Waals surface area contributed by atoms with Crippen LogP contribution in [0.3, 0.4) is 0 Å². The summed E-state index contributed by atoms with van der Waals surface area (Å²) in [6.07, 6.45) is -2.15. The molecule has 0 spiro atoms. The van der Waals surface area contributed by atoms with Gasteiger partial charge in [-0.2, -0.15) is 0 Å². The van der Waals surface area contributed by atoms with E-state index in [4.69, 9.17) is 10.00 Å². The Bertz CT molecular complexity index is 571. The molecule has 27 heavy (non-hydrogen) atoms. The standard InChI is InChI=1S/C14H23N2O9PS/c1-14(2,8-25-26(23)24)12(21)13(22)16-4-3-9(17)15-5-6-27-11(20)7-10(18)19/h12,21H,3-8H2,1-2H3,(H3-,15,16,17,18,19,22,23,24)/p+1/t12-/m0/s1. The molecule has 5 N–H and O–H groups in total. The first-order chi connectivity index (χ1) is 12.5. The van der Waals surface area contributed by atoms with Gasteiger partial charge >= 0.3 is 14.2 Å². The molecule has 11 nitrogen and oxygen atoms in total. The van der Waals surface area contributed by atoms with Gasteiger partial charge in [0.2, 0.25) is 11.8 Å². The van der Waals surface area contributed by atoms with Gasteiger partial charge in [0.25, 0.3) is 0 Å². The number of amides is 2. The number of carbonyl (C=O) groups is 4. The minimum Gasteiger partial charge on any atom is -0.481 e. The average molecular weight is 427 g/mol. The van der Waals surface area contributed by atoms with Crippen molar-refractivity contribution in [3.8, 4) is 0 Å². The highest BCUT2D eigenvalue weighted by Crippen LogP contribution is 2.26. The molecule has 0 heterocycles. The quantitative estimate of drug-likeness (QED) is 0.145. The Morgan fingerprint density at radius 1 is 1.19 bits per heavy atom. The van der Waals surface area contributed by atoms with Crippen molar-refractivity contribution in [3.05, 3.63) is 0 Å². The molecule has 0 aromatic rings. The number of aliphatic hydroxyl groups is 1. The van der Waals surface area contributed by atoms with Gasteiger partial charge in [0, 0.05) is 35.2 Å². The van der Waals surface area contributed by atoms with E-state index in [1.165, 1.54) is 13.8 Å². The fraction of sp³-hybridized carbons (Fsp3) is 0.714. The van der Waals surface area contributed by atoms with Crippen LogP contribution in [0.15, 0.2) is 0 Å². The zero-order chi connectivity index (χ0) is 21.0. The van der Waals surface area contributed by atoms with E-state index >= 15 is 0 Å². The van der Waals surface area contributed by atoms with Gasteiger partial charge in [0.05, 0.1) is 0 Å². The zero-order valence-corrected chi connectivity index (χ0v) is 16.7. The number of rotatable bonds is 13. The van der Waals surface area contributed by atoms with Crippen molar-refractivity contribution >= 4 is 42.9 Å². The van der Waals surface area contributed by atoms with E-state index in [0.717, 1.165) is 11.8 Å². The lowest BCUT2D eigenvalue weighted by atomic mass is 9.87. The van der Waals surface area contributed by atoms with Crippen molar-refractivity contribution in [3.63, 3.8) is 0 Å². The van der Waals surface area contributed by atoms with Crippen molar-refractivity contribution < 1.29 is 43.4 Å². The Labute approximate surface area is 161 Å². The highest BCUT2D eigenvalue weighted by Gasteiger charge is 2.36. The molecule has 0 saturated carbocycles. The van der Waals surface area contributed by atoms with Gasteiger partial charge in [0.15, 0.2) is 5.12 Å². The van der Waals surface area contributed by atoms with Crippen LogP contribution in [-0.2, 0) is 28.3 Å². The molecule has 2 amide bonds. The van der Waals surface area contributed by atoms with E-state index in [0.29, 0.717) is 0 Å². The van der Waals surface area contributed by atoms with E-state index in [-0.39, 0.29) is 31.9 Å². The van der Waals surface area contributed by atoms with Crippen LogP contribution in [0.4, 0.5) is 0 Å². The van der Waals surface area contributed by atoms with Gasteiger partial charge in [-0.25, -0.2) is 0 Å². The molecule has 0 aromatic carbocycles. The summed E-state index contributed by atoms with van der Waals surface area (Å²) in [7, 11) is -2.84. The van der Waals surface area contributed by atoms with Crippen LogP contribution in [0.5, 0.6) is 0 Å². The fourth-order valence-electron chi connectivity index (χ4n) is 1.67. The molecule has 1 unspecified atom stereocenters. The minimum atomic E-state index is -2.84. The minimum absolute atomic E-state index is 0.0436. The van der Waals surface area contributed by atoms with Crippen molar-refractivity contribution in [2.45, 2.75) is 32.8 Å². The number of hydrogen-bond acceptors (Lipinski definition) is 8. The lowest BCUT2D eigenvalue weighted by Gasteiger charge is -2.26. The number of hydrogen-bond donors (Lipinski definition) is 5. The molecule has 154 valence electrons. The molecule has 0 aliphatic heterocycles. The summed E-state index contributed by atoms with van der Waals surface area (Å²) in [5, 5.41) is 22.8. The summed E-state index contributed by atoms with van der Waals surface area (Å²) in [5.74, 6) is -2.13. The molecular weight excluding hydrogens is 403 g/mol. The number of carboxylic acids is 1. The van der Waals surface area contributed by atoms with Crippen LogP contribution >= 0.6 is 20.0 Å². The maximum Gasteiger partial charge on any atom is 0.694 e. The summed E-state index contributed by atoms with van der Waals surface area (Å²) >= 11 is 0.801. The molecule has 0 bridgehead atoms. The van der Waals surface area contributed by atoms with E-state index in [9.17, 15) is 28.8 Å². The molecule has 13 heteroatoms. The van der Waals surface area contributed by atoms with Crippen molar-refractivity contribution in [1.82, 2.24) is 10.6 Å². The van der Waals surface area contributed by atoms with E-state index in [1.807, 2.05) is 0 Å². The van der Waals surface area contributed by atoms with E-state index < -0.39 is 49.1 Å². The molecule has 0 fully saturated rings. The van der Waals surface area contributed by atoms with E-state index in [2.05, 4.69) is 15.2 Å². The second-order valence-electron chi connectivity index (χ2n) is 6.08. The van der Waals surface area contributed by atoms with Crippen LogP contribution in [0.2, 0.25) is 0 Å². The number of carboxylic acid groups (broad SMARTS) is 1. The number of aliphatic carboxylic acids is 1. The van der Waals surface area contributed by atoms with Gasteiger partial charge in [0.1, 0.15) is 19.1 Å². The monoisotopic (exact) mass is 427 g/mol. The molecule has 2 atom stereocenters. The molecular formula is C14H24N2O9PS+. The van der Waals surface area contributed by atoms with Gasteiger partial charge < -0.3 is 20.8 Å². The van der Waals surface area contributed by atoms with Crippen molar-refractivity contribution in [1.29, 1.82) is 0 Å². The second kappa shape index (κ2) is 12.7. The highest BCUT2D eigenvalue weighted by molar-refractivity contribution is 8.13. The lowest BCUT2D eigenvalue weighted by Crippen LogP contribution is -2.46. The van der Waals surface area contributed by atoms with Crippen LogP contribution < -0.4 is 10.6 Å². The third-order valence-electron chi connectivity index (χ3n) is 3.17. The summed E-state index contributed by atoms with van der Waals surface area (Å²) in [6, 6.07) is 0. The van der Waals surface area contributed by atoms with Gasteiger partial charge in [-0.3, -0.25) is 19.2 Å². The number of nitrogens with one attached hydrogen (secondary N) is 2. The van der Waals surface area contributed by atoms with Gasteiger partial charge in [-0.05, 0) is 0 Å². The largest absolute Gasteiger partial charge is 0.694 e. The zero-order valence-electron chi connectivity index (χ0n) is 15.0. The SMILES string of the molecule is CC(C)(CO[P+](=O)O)[C@@H](O)C(=O)NCCC(=O)NCCSC(=O)CC(=O)O. The Hall–Kier alpha value is -1.59. The number of thioether (sulfide) groups is 1. The Morgan fingerprint density at radius 3 is 2.37 bits per heavy atom. The summed E-state index contributed by atoms with van der Waals surface area (Å²) in [6.45, 7) is 2.76. The number of aliphatic hydroxyl groups excluding tert-OH is 1. The van der Waals surface area contributed by atoms with Crippen molar-refractivity contribution in [2.75, 3.05) is 25.4 Å². The van der Waals surface area contributed by atoms with Crippen molar-refractivity contribution in [2.24, 2.45) is 5.41 Å². The molecule has 0 radical (unpaired) electrons. The van der Waals surface area contributed by atoms with Crippen LogP contribution in [0.25, 0.3) is 0 Å². The first kappa shape index (κ1) is 25.4. The summed E-state index contributed by atoms with van der Waals surface area (Å²) in [4.78, 5) is 53.5. The third kappa shape index (κ3) is 12.4. The maximum atomic E-state index is 11.9. The van der Waals surface area contributed by atoms with Gasteiger partial charge in [-0.15, -0.1) is 9.42 Å². The summed E-state index contributed by atoms with van der Waals surface area (Å²) < 4.78 is 15.0. The van der Waals surface area contributed by atoms with Crippen LogP contribution in [-0.4, -0.2) is 69.6 Å². The van der Waals surface area contributed by atoms with Crippen LogP contribution in [0, 0.1) is 5.41 Å².